The highest BCUT2D eigenvalue weighted by molar-refractivity contribution is 5.99. The van der Waals surface area contributed by atoms with E-state index in [4.69, 9.17) is 33.2 Å². The molecule has 5 atom stereocenters. The Bertz CT molecular complexity index is 1310. The zero-order valence-corrected chi connectivity index (χ0v) is 23.1. The molecule has 1 aliphatic heterocycles. The predicted molar refractivity (Wildman–Crippen MR) is 137 cm³/mol. The molecule has 226 valence electrons. The number of aromatic hydroxyl groups is 1. The van der Waals surface area contributed by atoms with Crippen molar-refractivity contribution in [2.45, 2.75) is 58.4 Å². The van der Waals surface area contributed by atoms with Gasteiger partial charge in [0.05, 0.1) is 5.56 Å². The van der Waals surface area contributed by atoms with Gasteiger partial charge in [-0.1, -0.05) is 0 Å². The standard InChI is InChI=1S/C28H29FO13/c1-14(30)36-13-24-25(38-15(2)31)26(39-16(3)32)27(40-17(4)33)28(42-24)41-20-9-10-21(22(34)11-20)23(35)12-37-19-7-5-18(29)6-8-19/h5-11,24-28,34H,12-13H2,1-4H3. The number of rotatable bonds is 11. The second-order valence-corrected chi connectivity index (χ2v) is 9.03. The summed E-state index contributed by atoms with van der Waals surface area (Å²) < 4.78 is 51.1. The fourth-order valence-corrected chi connectivity index (χ4v) is 4.00. The molecule has 13 nitrogen and oxygen atoms in total. The molecular formula is C28H29FO13. The average molecular weight is 593 g/mol. The molecule has 0 saturated carbocycles. The smallest absolute Gasteiger partial charge is 0.303 e. The Morgan fingerprint density at radius 2 is 1.36 bits per heavy atom. The van der Waals surface area contributed by atoms with Gasteiger partial charge in [-0.3, -0.25) is 24.0 Å². The van der Waals surface area contributed by atoms with Crippen LogP contribution in [-0.2, 0) is 42.9 Å². The summed E-state index contributed by atoms with van der Waals surface area (Å²) in [6, 6.07) is 8.64. The molecule has 5 unspecified atom stereocenters. The summed E-state index contributed by atoms with van der Waals surface area (Å²) >= 11 is 0. The lowest BCUT2D eigenvalue weighted by molar-refractivity contribution is -0.288. The zero-order valence-electron chi connectivity index (χ0n) is 23.1. The summed E-state index contributed by atoms with van der Waals surface area (Å²) in [5, 5.41) is 10.5. The van der Waals surface area contributed by atoms with E-state index in [1.54, 1.807) is 0 Å². The largest absolute Gasteiger partial charge is 0.507 e. The van der Waals surface area contributed by atoms with Crippen molar-refractivity contribution in [3.8, 4) is 17.2 Å². The van der Waals surface area contributed by atoms with Gasteiger partial charge in [0.2, 0.25) is 18.2 Å². The lowest BCUT2D eigenvalue weighted by Crippen LogP contribution is -2.63. The van der Waals surface area contributed by atoms with Crippen LogP contribution >= 0.6 is 0 Å². The highest BCUT2D eigenvalue weighted by Gasteiger charge is 2.53. The molecule has 1 saturated heterocycles. The molecule has 0 radical (unpaired) electrons. The predicted octanol–water partition coefficient (Wildman–Crippen LogP) is 2.25. The van der Waals surface area contributed by atoms with E-state index in [9.17, 15) is 33.5 Å². The number of benzene rings is 2. The van der Waals surface area contributed by atoms with Gasteiger partial charge in [-0.25, -0.2) is 4.39 Å². The van der Waals surface area contributed by atoms with Gasteiger partial charge in [0.15, 0.2) is 18.8 Å². The molecule has 1 aliphatic rings. The number of hydrogen-bond donors (Lipinski definition) is 1. The molecule has 42 heavy (non-hydrogen) atoms. The molecule has 1 fully saturated rings. The van der Waals surface area contributed by atoms with E-state index in [1.807, 2.05) is 0 Å². The van der Waals surface area contributed by atoms with Crippen molar-refractivity contribution in [2.75, 3.05) is 13.2 Å². The maximum Gasteiger partial charge on any atom is 0.303 e. The third-order valence-electron chi connectivity index (χ3n) is 5.65. The van der Waals surface area contributed by atoms with Gasteiger partial charge in [0.25, 0.3) is 0 Å². The third-order valence-corrected chi connectivity index (χ3v) is 5.65. The van der Waals surface area contributed by atoms with Crippen LogP contribution < -0.4 is 9.47 Å². The minimum absolute atomic E-state index is 0.0654. The van der Waals surface area contributed by atoms with Crippen LogP contribution in [0.5, 0.6) is 17.2 Å². The molecule has 0 spiro atoms. The molecule has 0 bridgehead atoms. The fraction of sp³-hybridized carbons (Fsp3) is 0.393. The van der Waals surface area contributed by atoms with E-state index >= 15 is 0 Å². The van der Waals surface area contributed by atoms with Gasteiger partial charge >= 0.3 is 23.9 Å². The van der Waals surface area contributed by atoms with Gasteiger partial charge in [-0.15, -0.1) is 0 Å². The first-order valence-electron chi connectivity index (χ1n) is 12.6. The van der Waals surface area contributed by atoms with Gasteiger partial charge in [-0.2, -0.15) is 0 Å². The SMILES string of the molecule is CC(=O)OCC1OC(Oc2ccc(C(=O)COc3ccc(F)cc3)c(O)c2)C(OC(C)=O)C(OC(C)=O)C1OC(C)=O. The molecule has 0 aromatic heterocycles. The third kappa shape index (κ3) is 8.89. The number of hydrogen-bond acceptors (Lipinski definition) is 13. The van der Waals surface area contributed by atoms with E-state index in [0.717, 1.165) is 45.9 Å². The summed E-state index contributed by atoms with van der Waals surface area (Å²) in [6.45, 7) is 3.47. The highest BCUT2D eigenvalue weighted by atomic mass is 19.1. The summed E-state index contributed by atoms with van der Waals surface area (Å²) in [5.74, 6) is -4.50. The van der Waals surface area contributed by atoms with Gasteiger partial charge in [0.1, 0.15) is 35.8 Å². The topological polar surface area (TPSA) is 170 Å². The van der Waals surface area contributed by atoms with Crippen molar-refractivity contribution in [1.82, 2.24) is 0 Å². The number of phenolic OH excluding ortho intramolecular Hbond substituents is 1. The summed E-state index contributed by atoms with van der Waals surface area (Å²) in [4.78, 5) is 59.8. The number of carbonyl (C=O) groups excluding carboxylic acids is 5. The quantitative estimate of drug-likeness (QED) is 0.229. The van der Waals surface area contributed by atoms with Crippen LogP contribution in [0.15, 0.2) is 42.5 Å². The summed E-state index contributed by atoms with van der Waals surface area (Å²) in [7, 11) is 0. The first-order valence-corrected chi connectivity index (χ1v) is 12.6. The van der Waals surface area contributed by atoms with E-state index in [1.165, 1.54) is 24.3 Å². The minimum atomic E-state index is -1.53. The van der Waals surface area contributed by atoms with E-state index in [2.05, 4.69) is 0 Å². The van der Waals surface area contributed by atoms with Gasteiger partial charge in [0, 0.05) is 33.8 Å². The number of Topliss-reactive ketones (excluding diaryl/α,β-unsaturated/α-hetero) is 1. The van der Waals surface area contributed by atoms with Crippen LogP contribution in [-0.4, -0.2) is 78.7 Å². The summed E-state index contributed by atoms with van der Waals surface area (Å²) in [6.07, 6.45) is -7.08. The first kappa shape index (κ1) is 31.8. The van der Waals surface area contributed by atoms with Crippen LogP contribution in [0.4, 0.5) is 4.39 Å². The van der Waals surface area contributed by atoms with Crippen molar-refractivity contribution in [3.05, 3.63) is 53.8 Å². The van der Waals surface area contributed by atoms with Crippen molar-refractivity contribution in [3.63, 3.8) is 0 Å². The van der Waals surface area contributed by atoms with Crippen LogP contribution in [0.3, 0.4) is 0 Å². The van der Waals surface area contributed by atoms with Crippen molar-refractivity contribution < 1.29 is 66.6 Å². The lowest BCUT2D eigenvalue weighted by atomic mass is 9.98. The maximum atomic E-state index is 13.1. The van der Waals surface area contributed by atoms with Crippen molar-refractivity contribution in [1.29, 1.82) is 0 Å². The zero-order chi connectivity index (χ0) is 31.0. The van der Waals surface area contributed by atoms with E-state index in [-0.39, 0.29) is 17.1 Å². The number of halogens is 1. The van der Waals surface area contributed by atoms with Crippen LogP contribution in [0, 0.1) is 5.82 Å². The second kappa shape index (κ2) is 14.3. The Hall–Kier alpha value is -4.72. The Morgan fingerprint density at radius 1 is 0.786 bits per heavy atom. The number of carbonyl (C=O) groups is 5. The Morgan fingerprint density at radius 3 is 1.93 bits per heavy atom. The molecule has 2 aromatic rings. The Balaban J connectivity index is 1.86. The molecule has 1 heterocycles. The molecule has 3 rings (SSSR count). The monoisotopic (exact) mass is 592 g/mol. The van der Waals surface area contributed by atoms with Crippen molar-refractivity contribution in [2.24, 2.45) is 0 Å². The normalized spacial score (nSPS) is 21.4. The number of esters is 4. The van der Waals surface area contributed by atoms with Crippen LogP contribution in [0.25, 0.3) is 0 Å². The van der Waals surface area contributed by atoms with Gasteiger partial charge in [-0.05, 0) is 36.4 Å². The lowest BCUT2D eigenvalue weighted by Gasteiger charge is -2.43. The molecule has 2 aromatic carbocycles. The van der Waals surface area contributed by atoms with Gasteiger partial charge < -0.3 is 38.3 Å². The van der Waals surface area contributed by atoms with E-state index in [0.29, 0.717) is 0 Å². The van der Waals surface area contributed by atoms with Crippen molar-refractivity contribution >= 4 is 29.7 Å². The molecule has 1 N–H and O–H groups in total. The fourth-order valence-electron chi connectivity index (χ4n) is 4.00. The minimum Gasteiger partial charge on any atom is -0.507 e. The van der Waals surface area contributed by atoms with E-state index < -0.39 is 85.1 Å². The number of phenols is 1. The second-order valence-electron chi connectivity index (χ2n) is 9.03. The van der Waals surface area contributed by atoms with Crippen LogP contribution in [0.1, 0.15) is 38.1 Å². The first-order chi connectivity index (χ1) is 19.8. The molecular weight excluding hydrogens is 563 g/mol. The average Bonchev–Trinajstić information content (AvgIpc) is 2.89. The molecule has 0 amide bonds. The molecule has 14 heteroatoms. The number of ketones is 1. The molecule has 0 aliphatic carbocycles. The Labute approximate surface area is 239 Å². The highest BCUT2D eigenvalue weighted by Crippen LogP contribution is 2.32. The number of ether oxygens (including phenoxy) is 7. The Kier molecular flexibility index (Phi) is 10.8. The summed E-state index contributed by atoms with van der Waals surface area (Å²) in [5.41, 5.74) is -0.119. The van der Waals surface area contributed by atoms with Crippen LogP contribution in [0.2, 0.25) is 0 Å². The maximum absolute atomic E-state index is 13.1.